The monoisotopic (exact) mass is 259 g/mol. The minimum Gasteiger partial charge on any atom is -0.465 e. The van der Waals surface area contributed by atoms with E-state index in [2.05, 4.69) is 6.58 Å². The van der Waals surface area contributed by atoms with Gasteiger partial charge in [0.2, 0.25) is 5.91 Å². The summed E-state index contributed by atoms with van der Waals surface area (Å²) in [7, 11) is 1.34. The number of hydrogen-bond donors (Lipinski definition) is 0. The number of carbonyl (C=O) groups is 2. The zero-order valence-corrected chi connectivity index (χ0v) is 11.2. The molecule has 0 radical (unpaired) electrons. The Bertz CT molecular complexity index is 536. The number of esters is 1. The fraction of sp³-hybridized carbons (Fsp3) is 0.333. The van der Waals surface area contributed by atoms with Crippen LogP contribution in [0.5, 0.6) is 0 Å². The third-order valence-electron chi connectivity index (χ3n) is 3.41. The number of ether oxygens (including phenoxy) is 1. The number of nitrogens with zero attached hydrogens (tertiary/aromatic N) is 1. The number of amides is 1. The van der Waals surface area contributed by atoms with Crippen molar-refractivity contribution in [3.05, 3.63) is 42.0 Å². The Balaban J connectivity index is 2.36. The summed E-state index contributed by atoms with van der Waals surface area (Å²) in [5.41, 5.74) is 2.20. The predicted molar refractivity (Wildman–Crippen MR) is 73.2 cm³/mol. The maximum absolute atomic E-state index is 12.0. The number of carbonyl (C=O) groups excluding carboxylic acids is 2. The van der Waals surface area contributed by atoms with E-state index in [0.29, 0.717) is 18.5 Å². The number of methoxy groups -OCH3 is 1. The van der Waals surface area contributed by atoms with Crippen LogP contribution < -0.4 is 4.90 Å². The van der Waals surface area contributed by atoms with Crippen molar-refractivity contribution in [2.24, 2.45) is 5.92 Å². The van der Waals surface area contributed by atoms with Crippen LogP contribution in [-0.2, 0) is 9.53 Å². The van der Waals surface area contributed by atoms with E-state index in [1.54, 1.807) is 23.1 Å². The Morgan fingerprint density at radius 1 is 1.53 bits per heavy atom. The average molecular weight is 259 g/mol. The molecule has 1 aromatic rings. The standard InChI is InChI=1S/C15H17NO3/c1-4-11-7-14(17)16(9-11)13-8-12(15(18)19-3)6-5-10(13)2/h4-6,8,11H,1,7,9H2,2-3H3. The topological polar surface area (TPSA) is 46.6 Å². The molecular formula is C15H17NO3. The summed E-state index contributed by atoms with van der Waals surface area (Å²) in [5, 5.41) is 0. The van der Waals surface area contributed by atoms with Crippen molar-refractivity contribution in [1.29, 1.82) is 0 Å². The van der Waals surface area contributed by atoms with Gasteiger partial charge in [0.25, 0.3) is 0 Å². The molecule has 1 aromatic carbocycles. The van der Waals surface area contributed by atoms with Crippen molar-refractivity contribution in [2.75, 3.05) is 18.6 Å². The van der Waals surface area contributed by atoms with E-state index in [1.807, 2.05) is 13.0 Å². The van der Waals surface area contributed by atoms with Crippen LogP contribution in [-0.4, -0.2) is 25.5 Å². The van der Waals surface area contributed by atoms with E-state index in [9.17, 15) is 9.59 Å². The van der Waals surface area contributed by atoms with Crippen molar-refractivity contribution in [1.82, 2.24) is 0 Å². The highest BCUT2D eigenvalue weighted by Gasteiger charge is 2.29. The summed E-state index contributed by atoms with van der Waals surface area (Å²) in [5.74, 6) is -0.156. The molecule has 4 nitrogen and oxygen atoms in total. The molecule has 0 aliphatic carbocycles. The third-order valence-corrected chi connectivity index (χ3v) is 3.41. The molecule has 100 valence electrons. The molecule has 4 heteroatoms. The van der Waals surface area contributed by atoms with Crippen molar-refractivity contribution in [2.45, 2.75) is 13.3 Å². The van der Waals surface area contributed by atoms with Crippen molar-refractivity contribution in [3.8, 4) is 0 Å². The third kappa shape index (κ3) is 2.52. The van der Waals surface area contributed by atoms with Crippen LogP contribution in [0, 0.1) is 12.8 Å². The van der Waals surface area contributed by atoms with E-state index in [1.165, 1.54) is 7.11 Å². The van der Waals surface area contributed by atoms with Gasteiger partial charge in [-0.05, 0) is 24.6 Å². The van der Waals surface area contributed by atoms with Gasteiger partial charge in [-0.3, -0.25) is 4.79 Å². The van der Waals surface area contributed by atoms with Gasteiger partial charge in [0.15, 0.2) is 0 Å². The Morgan fingerprint density at radius 3 is 2.84 bits per heavy atom. The Hall–Kier alpha value is -2.10. The smallest absolute Gasteiger partial charge is 0.337 e. The van der Waals surface area contributed by atoms with Gasteiger partial charge in [-0.25, -0.2) is 4.79 Å². The lowest BCUT2D eigenvalue weighted by Crippen LogP contribution is -2.25. The normalized spacial score (nSPS) is 18.5. The van der Waals surface area contributed by atoms with Crippen molar-refractivity contribution < 1.29 is 14.3 Å². The number of benzene rings is 1. The molecule has 0 spiro atoms. The highest BCUT2D eigenvalue weighted by atomic mass is 16.5. The molecule has 0 bridgehead atoms. The van der Waals surface area contributed by atoms with Gasteiger partial charge in [-0.1, -0.05) is 12.1 Å². The number of anilines is 1. The highest BCUT2D eigenvalue weighted by Crippen LogP contribution is 2.29. The fourth-order valence-corrected chi connectivity index (χ4v) is 2.27. The second-order valence-electron chi connectivity index (χ2n) is 4.70. The van der Waals surface area contributed by atoms with Gasteiger partial charge in [0, 0.05) is 24.6 Å². The Kier molecular flexibility index (Phi) is 3.69. The number of rotatable bonds is 3. The van der Waals surface area contributed by atoms with E-state index in [4.69, 9.17) is 4.74 Å². The number of hydrogen-bond acceptors (Lipinski definition) is 3. The van der Waals surface area contributed by atoms with Crippen LogP contribution in [0.15, 0.2) is 30.9 Å². The molecule has 1 aliphatic heterocycles. The first-order chi connectivity index (χ1) is 9.06. The van der Waals surface area contributed by atoms with Crippen molar-refractivity contribution >= 4 is 17.6 Å². The number of aryl methyl sites for hydroxylation is 1. The van der Waals surface area contributed by atoms with Crippen LogP contribution >= 0.6 is 0 Å². The fourth-order valence-electron chi connectivity index (χ4n) is 2.27. The van der Waals surface area contributed by atoms with Crippen LogP contribution in [0.2, 0.25) is 0 Å². The van der Waals surface area contributed by atoms with Gasteiger partial charge < -0.3 is 9.64 Å². The predicted octanol–water partition coefficient (Wildman–Crippen LogP) is 2.32. The van der Waals surface area contributed by atoms with Crippen molar-refractivity contribution in [3.63, 3.8) is 0 Å². The van der Waals surface area contributed by atoms with Gasteiger partial charge in [0.1, 0.15) is 0 Å². The molecule has 1 saturated heterocycles. The summed E-state index contributed by atoms with van der Waals surface area (Å²) in [6.07, 6.45) is 2.28. The van der Waals surface area contributed by atoms with E-state index < -0.39 is 5.97 Å². The lowest BCUT2D eigenvalue weighted by Gasteiger charge is -2.19. The molecule has 0 N–H and O–H groups in total. The molecule has 1 fully saturated rings. The van der Waals surface area contributed by atoms with Crippen LogP contribution in [0.3, 0.4) is 0 Å². The van der Waals surface area contributed by atoms with Gasteiger partial charge in [-0.15, -0.1) is 6.58 Å². The molecule has 2 rings (SSSR count). The Morgan fingerprint density at radius 2 is 2.26 bits per heavy atom. The molecule has 1 unspecified atom stereocenters. The average Bonchev–Trinajstić information content (AvgIpc) is 2.79. The summed E-state index contributed by atoms with van der Waals surface area (Å²) < 4.78 is 4.70. The Labute approximate surface area is 112 Å². The maximum atomic E-state index is 12.0. The lowest BCUT2D eigenvalue weighted by atomic mass is 10.1. The first-order valence-electron chi connectivity index (χ1n) is 6.18. The molecule has 1 atom stereocenters. The summed E-state index contributed by atoms with van der Waals surface area (Å²) >= 11 is 0. The molecule has 1 amide bonds. The molecule has 0 saturated carbocycles. The minimum atomic E-state index is -0.395. The van der Waals surface area contributed by atoms with Gasteiger partial charge in [-0.2, -0.15) is 0 Å². The first-order valence-corrected chi connectivity index (χ1v) is 6.18. The maximum Gasteiger partial charge on any atom is 0.337 e. The second kappa shape index (κ2) is 5.26. The van der Waals surface area contributed by atoms with Crippen LogP contribution in [0.4, 0.5) is 5.69 Å². The summed E-state index contributed by atoms with van der Waals surface area (Å²) in [6.45, 7) is 6.27. The van der Waals surface area contributed by atoms with Gasteiger partial charge >= 0.3 is 5.97 Å². The van der Waals surface area contributed by atoms with Gasteiger partial charge in [0.05, 0.1) is 12.7 Å². The van der Waals surface area contributed by atoms with E-state index in [0.717, 1.165) is 11.3 Å². The quantitative estimate of drug-likeness (QED) is 0.618. The molecular weight excluding hydrogens is 242 g/mol. The zero-order valence-electron chi connectivity index (χ0n) is 11.2. The zero-order chi connectivity index (χ0) is 14.0. The SMILES string of the molecule is C=CC1CC(=O)N(c2cc(C(=O)OC)ccc2C)C1. The van der Waals surface area contributed by atoms with E-state index in [-0.39, 0.29) is 11.8 Å². The van der Waals surface area contributed by atoms with Crippen LogP contribution in [0.1, 0.15) is 22.3 Å². The molecule has 0 aromatic heterocycles. The van der Waals surface area contributed by atoms with E-state index >= 15 is 0 Å². The lowest BCUT2D eigenvalue weighted by molar-refractivity contribution is -0.117. The molecule has 1 heterocycles. The molecule has 19 heavy (non-hydrogen) atoms. The molecule has 1 aliphatic rings. The highest BCUT2D eigenvalue weighted by molar-refractivity contribution is 5.98. The minimum absolute atomic E-state index is 0.0648. The summed E-state index contributed by atoms with van der Waals surface area (Å²) in [4.78, 5) is 25.3. The van der Waals surface area contributed by atoms with Crippen LogP contribution in [0.25, 0.3) is 0 Å². The summed E-state index contributed by atoms with van der Waals surface area (Å²) in [6, 6.07) is 5.25. The first kappa shape index (κ1) is 13.3. The second-order valence-corrected chi connectivity index (χ2v) is 4.70. The largest absolute Gasteiger partial charge is 0.465 e.